The van der Waals surface area contributed by atoms with Crippen molar-refractivity contribution < 1.29 is 0 Å². The van der Waals surface area contributed by atoms with Crippen molar-refractivity contribution in [2.24, 2.45) is 29.1 Å². The minimum absolute atomic E-state index is 0.416. The molecule has 0 aromatic rings. The first kappa shape index (κ1) is 26.1. The molecule has 6 heteroatoms. The van der Waals surface area contributed by atoms with E-state index in [0.29, 0.717) is 22.8 Å². The second kappa shape index (κ2) is 11.8. The van der Waals surface area contributed by atoms with Gasteiger partial charge in [-0.2, -0.15) is 0 Å². The molecule has 0 spiro atoms. The fourth-order valence-electron chi connectivity index (χ4n) is 6.37. The minimum Gasteiger partial charge on any atom is -0.312 e. The van der Waals surface area contributed by atoms with Gasteiger partial charge in [0.05, 0.1) is 0 Å². The van der Waals surface area contributed by atoms with Gasteiger partial charge in [0.15, 0.2) is 0 Å². The molecule has 182 valence electrons. The van der Waals surface area contributed by atoms with Crippen LogP contribution in [0.2, 0.25) is 0 Å². The Morgan fingerprint density at radius 1 is 1.06 bits per heavy atom. The van der Waals surface area contributed by atoms with Crippen LogP contribution in [-0.2, 0) is 0 Å². The predicted octanol–water partition coefficient (Wildman–Crippen LogP) is 5.19. The molecule has 1 aliphatic carbocycles. The molecule has 0 aromatic carbocycles. The molecule has 2 saturated heterocycles. The average Bonchev–Trinajstić information content (AvgIpc) is 3.12. The third kappa shape index (κ3) is 7.75. The Balaban J connectivity index is 1.46. The molecule has 0 bridgehead atoms. The van der Waals surface area contributed by atoms with E-state index in [0.717, 1.165) is 24.3 Å². The summed E-state index contributed by atoms with van der Waals surface area (Å²) in [5.74, 6) is 3.23. The van der Waals surface area contributed by atoms with E-state index in [1.54, 1.807) is 0 Å². The van der Waals surface area contributed by atoms with Gasteiger partial charge in [-0.05, 0) is 94.8 Å². The van der Waals surface area contributed by atoms with Gasteiger partial charge in [0.1, 0.15) is 0 Å². The number of nitrogens with one attached hydrogen (secondary N) is 1. The molecule has 2 aliphatic heterocycles. The first-order valence-corrected chi connectivity index (χ1v) is 14.0. The van der Waals surface area contributed by atoms with E-state index in [1.807, 2.05) is 12.1 Å². The molecule has 4 nitrogen and oxygen atoms in total. The van der Waals surface area contributed by atoms with Crippen LogP contribution in [0.15, 0.2) is 0 Å². The Morgan fingerprint density at radius 3 is 2.39 bits per heavy atom. The summed E-state index contributed by atoms with van der Waals surface area (Å²) in [7, 11) is 4.27. The summed E-state index contributed by atoms with van der Waals surface area (Å²) < 4.78 is 4.72. The van der Waals surface area contributed by atoms with E-state index in [1.165, 1.54) is 71.2 Å². The van der Waals surface area contributed by atoms with Crippen LogP contribution in [0.25, 0.3) is 0 Å². The van der Waals surface area contributed by atoms with E-state index in [9.17, 15) is 0 Å². The van der Waals surface area contributed by atoms with Crippen LogP contribution in [0.4, 0.5) is 0 Å². The number of likely N-dealkylation sites (tertiary alicyclic amines) is 1. The van der Waals surface area contributed by atoms with E-state index in [-0.39, 0.29) is 0 Å². The standard InChI is InChI=1S/C25H49ClN4S/c1-19(2)24(27-15-20-11-14-30(16-20)31-28(5)6)17-29-13-12-23(25(3,4)18-29)21-7-9-22(26)10-8-21/h19-24,27H,7-18H2,1-6H3/t20-,21?,22?,23+,24-/m0/s1. The number of halogens is 1. The van der Waals surface area contributed by atoms with Crippen LogP contribution >= 0.6 is 23.7 Å². The van der Waals surface area contributed by atoms with Crippen molar-refractivity contribution in [1.29, 1.82) is 0 Å². The zero-order valence-electron chi connectivity index (χ0n) is 21.1. The van der Waals surface area contributed by atoms with Gasteiger partial charge in [-0.1, -0.05) is 27.7 Å². The Morgan fingerprint density at radius 2 is 1.77 bits per heavy atom. The van der Waals surface area contributed by atoms with Crippen LogP contribution in [0, 0.1) is 29.1 Å². The van der Waals surface area contributed by atoms with Gasteiger partial charge >= 0.3 is 0 Å². The number of piperidine rings is 1. The molecular weight excluding hydrogens is 424 g/mol. The highest BCUT2D eigenvalue weighted by molar-refractivity contribution is 7.94. The Kier molecular flexibility index (Phi) is 9.89. The van der Waals surface area contributed by atoms with Gasteiger partial charge in [0, 0.05) is 49.7 Å². The maximum atomic E-state index is 6.39. The molecule has 0 unspecified atom stereocenters. The lowest BCUT2D eigenvalue weighted by atomic mass is 9.64. The summed E-state index contributed by atoms with van der Waals surface area (Å²) in [6, 6.07) is 0.592. The molecule has 1 N–H and O–H groups in total. The maximum Gasteiger partial charge on any atom is 0.0336 e. The SMILES string of the molecule is CC(C)[C@H](CN1CC[C@H](C2CCC(Cl)CC2)C(C)(C)C1)NC[C@@H]1CCN(SN(C)C)C1. The highest BCUT2D eigenvalue weighted by Gasteiger charge is 2.41. The maximum absolute atomic E-state index is 6.39. The normalized spacial score (nSPS) is 34.0. The minimum atomic E-state index is 0.416. The fraction of sp³-hybridized carbons (Fsp3) is 1.00. The van der Waals surface area contributed by atoms with Crippen LogP contribution in [0.3, 0.4) is 0 Å². The van der Waals surface area contributed by atoms with E-state index in [4.69, 9.17) is 11.6 Å². The molecule has 0 amide bonds. The van der Waals surface area contributed by atoms with Crippen molar-refractivity contribution in [2.75, 3.05) is 53.4 Å². The van der Waals surface area contributed by atoms with Gasteiger partial charge in [0.2, 0.25) is 0 Å². The third-order valence-electron chi connectivity index (χ3n) is 8.12. The monoisotopic (exact) mass is 472 g/mol. The quantitative estimate of drug-likeness (QED) is 0.367. The lowest BCUT2D eigenvalue weighted by Gasteiger charge is -2.49. The summed E-state index contributed by atoms with van der Waals surface area (Å²) in [5, 5.41) is 4.42. The zero-order chi connectivity index (χ0) is 22.6. The summed E-state index contributed by atoms with van der Waals surface area (Å²) in [4.78, 5) is 2.77. The van der Waals surface area contributed by atoms with Gasteiger partial charge in [0.25, 0.3) is 0 Å². The first-order valence-electron chi connectivity index (χ1n) is 12.8. The van der Waals surface area contributed by atoms with E-state index >= 15 is 0 Å². The number of nitrogens with zero attached hydrogens (tertiary/aromatic N) is 3. The van der Waals surface area contributed by atoms with E-state index < -0.39 is 0 Å². The molecule has 2 heterocycles. The molecule has 31 heavy (non-hydrogen) atoms. The third-order valence-corrected chi connectivity index (χ3v) is 9.44. The summed E-state index contributed by atoms with van der Waals surface area (Å²) in [6.45, 7) is 17.2. The lowest BCUT2D eigenvalue weighted by molar-refractivity contribution is 0.00469. The number of hydrogen-bond acceptors (Lipinski definition) is 5. The average molecular weight is 473 g/mol. The highest BCUT2D eigenvalue weighted by atomic mass is 35.5. The molecule has 3 rings (SSSR count). The van der Waals surface area contributed by atoms with Gasteiger partial charge < -0.3 is 10.2 Å². The molecule has 3 fully saturated rings. The van der Waals surface area contributed by atoms with Gasteiger partial charge in [-0.15, -0.1) is 11.6 Å². The zero-order valence-corrected chi connectivity index (χ0v) is 22.6. The van der Waals surface area contributed by atoms with Gasteiger partial charge in [-0.3, -0.25) is 0 Å². The predicted molar refractivity (Wildman–Crippen MR) is 138 cm³/mol. The van der Waals surface area contributed by atoms with Crippen molar-refractivity contribution in [3.8, 4) is 0 Å². The van der Waals surface area contributed by atoms with E-state index in [2.05, 4.69) is 60.6 Å². The Bertz CT molecular complexity index is 536. The number of alkyl halides is 1. The topological polar surface area (TPSA) is 21.8 Å². The second-order valence-corrected chi connectivity index (χ2v) is 13.9. The van der Waals surface area contributed by atoms with Crippen LogP contribution in [0.1, 0.15) is 66.2 Å². The molecule has 0 radical (unpaired) electrons. The van der Waals surface area contributed by atoms with Crippen LogP contribution in [0.5, 0.6) is 0 Å². The summed E-state index contributed by atoms with van der Waals surface area (Å²) in [5.41, 5.74) is 0.416. The van der Waals surface area contributed by atoms with Crippen molar-refractivity contribution in [3.05, 3.63) is 0 Å². The second-order valence-electron chi connectivity index (χ2n) is 11.8. The molecular formula is C25H49ClN4S. The number of rotatable bonds is 9. The molecule has 3 atom stereocenters. The van der Waals surface area contributed by atoms with Crippen molar-refractivity contribution in [2.45, 2.75) is 77.6 Å². The smallest absolute Gasteiger partial charge is 0.0336 e. The largest absolute Gasteiger partial charge is 0.312 e. The molecule has 1 saturated carbocycles. The summed E-state index contributed by atoms with van der Waals surface area (Å²) in [6.07, 6.45) is 7.85. The lowest BCUT2D eigenvalue weighted by Crippen LogP contribution is -2.53. The molecule has 3 aliphatic rings. The van der Waals surface area contributed by atoms with Gasteiger partial charge in [-0.25, -0.2) is 8.61 Å². The van der Waals surface area contributed by atoms with Crippen molar-refractivity contribution >= 4 is 23.7 Å². The van der Waals surface area contributed by atoms with Crippen molar-refractivity contribution in [3.63, 3.8) is 0 Å². The summed E-state index contributed by atoms with van der Waals surface area (Å²) >= 11 is 8.26. The first-order chi connectivity index (χ1) is 14.6. The van der Waals surface area contributed by atoms with Crippen LogP contribution in [-0.4, -0.2) is 78.3 Å². The Hall–Kier alpha value is 0.480. The highest BCUT2D eigenvalue weighted by Crippen LogP contribution is 2.45. The molecule has 0 aromatic heterocycles. The fourth-order valence-corrected chi connectivity index (χ4v) is 7.55. The van der Waals surface area contributed by atoms with Crippen molar-refractivity contribution in [1.82, 2.24) is 18.8 Å². The van der Waals surface area contributed by atoms with Crippen LogP contribution < -0.4 is 5.32 Å². The number of hydrogen-bond donors (Lipinski definition) is 1. The Labute approximate surface area is 202 Å².